The molecule has 0 spiro atoms. The first-order valence-corrected chi connectivity index (χ1v) is 4.97. The van der Waals surface area contributed by atoms with E-state index >= 15 is 0 Å². The molecule has 3 nitrogen and oxygen atoms in total. The smallest absolute Gasteiger partial charge is 0.147 e. The van der Waals surface area contributed by atoms with Gasteiger partial charge in [-0.3, -0.25) is 0 Å². The second-order valence-corrected chi connectivity index (χ2v) is 3.78. The largest absolute Gasteiger partial charge is 0.511 e. The number of hydrogen-bond acceptors (Lipinski definition) is 2. The van der Waals surface area contributed by atoms with Gasteiger partial charge in [-0.2, -0.15) is 0 Å². The van der Waals surface area contributed by atoms with Crippen LogP contribution in [0.4, 0.5) is 4.39 Å². The van der Waals surface area contributed by atoms with E-state index < -0.39 is 6.04 Å². The highest BCUT2D eigenvalue weighted by Gasteiger charge is 2.12. The Labute approximate surface area is 92.4 Å². The van der Waals surface area contributed by atoms with Crippen molar-refractivity contribution in [2.75, 3.05) is 0 Å². The molecular formula is C12H13FN2O. The summed E-state index contributed by atoms with van der Waals surface area (Å²) >= 11 is 0. The summed E-state index contributed by atoms with van der Waals surface area (Å²) in [6.45, 7) is 3.38. The van der Waals surface area contributed by atoms with Crippen LogP contribution >= 0.6 is 0 Å². The van der Waals surface area contributed by atoms with Crippen LogP contribution in [-0.4, -0.2) is 16.1 Å². The predicted molar refractivity (Wildman–Crippen MR) is 61.7 cm³/mol. The van der Waals surface area contributed by atoms with E-state index in [1.165, 1.54) is 6.07 Å². The highest BCUT2D eigenvalue weighted by molar-refractivity contribution is 5.83. The molecule has 1 aromatic carbocycles. The fraction of sp³-hybridized carbons (Fsp3) is 0.167. The number of nitrogens with two attached hydrogens (primary N) is 1. The lowest BCUT2D eigenvalue weighted by Gasteiger charge is -2.08. The normalized spacial score (nSPS) is 12.9. The molecule has 0 radical (unpaired) electrons. The summed E-state index contributed by atoms with van der Waals surface area (Å²) in [5.41, 5.74) is 7.02. The van der Waals surface area contributed by atoms with E-state index in [1.807, 2.05) is 6.07 Å². The van der Waals surface area contributed by atoms with E-state index in [1.54, 1.807) is 12.3 Å². The van der Waals surface area contributed by atoms with Crippen molar-refractivity contribution in [1.29, 1.82) is 0 Å². The lowest BCUT2D eigenvalue weighted by atomic mass is 10.0. The molecule has 2 rings (SSSR count). The van der Waals surface area contributed by atoms with Gasteiger partial charge in [-0.1, -0.05) is 18.7 Å². The number of nitrogens with one attached hydrogen (secondary N) is 1. The van der Waals surface area contributed by atoms with Crippen molar-refractivity contribution in [3.8, 4) is 0 Å². The summed E-state index contributed by atoms with van der Waals surface area (Å²) < 4.78 is 13.4. The second-order valence-electron chi connectivity index (χ2n) is 3.78. The minimum atomic E-state index is -0.526. The number of hydrogen-bond donors (Lipinski definition) is 3. The van der Waals surface area contributed by atoms with E-state index in [2.05, 4.69) is 11.6 Å². The first-order chi connectivity index (χ1) is 7.59. The third kappa shape index (κ3) is 1.79. The maximum absolute atomic E-state index is 13.4. The first-order valence-electron chi connectivity index (χ1n) is 4.97. The fourth-order valence-electron chi connectivity index (χ4n) is 1.70. The quantitative estimate of drug-likeness (QED) is 0.695. The molecule has 0 aliphatic heterocycles. The van der Waals surface area contributed by atoms with Crippen LogP contribution in [0.25, 0.3) is 10.9 Å². The zero-order valence-corrected chi connectivity index (χ0v) is 8.70. The van der Waals surface area contributed by atoms with Gasteiger partial charge in [0.15, 0.2) is 0 Å². The number of rotatable bonds is 3. The summed E-state index contributed by atoms with van der Waals surface area (Å²) in [5, 5.41) is 9.93. The van der Waals surface area contributed by atoms with Crippen molar-refractivity contribution >= 4 is 10.9 Å². The Balaban J connectivity index is 2.39. The Morgan fingerprint density at radius 1 is 1.56 bits per heavy atom. The molecule has 0 saturated heterocycles. The lowest BCUT2D eigenvalue weighted by Crippen LogP contribution is -2.24. The Morgan fingerprint density at radius 2 is 2.31 bits per heavy atom. The molecule has 4 N–H and O–H groups in total. The summed E-state index contributed by atoms with van der Waals surface area (Å²) in [4.78, 5) is 2.86. The zero-order valence-electron chi connectivity index (χ0n) is 8.70. The van der Waals surface area contributed by atoms with E-state index in [0.29, 0.717) is 11.9 Å². The van der Waals surface area contributed by atoms with Crippen molar-refractivity contribution in [2.45, 2.75) is 12.5 Å². The molecule has 1 heterocycles. The third-order valence-electron chi connectivity index (χ3n) is 2.62. The minimum absolute atomic E-state index is 0.0641. The monoisotopic (exact) mass is 220 g/mol. The Bertz CT molecular complexity index is 533. The van der Waals surface area contributed by atoms with E-state index in [9.17, 15) is 4.39 Å². The van der Waals surface area contributed by atoms with Gasteiger partial charge in [0.25, 0.3) is 0 Å². The highest BCUT2D eigenvalue weighted by Crippen LogP contribution is 2.22. The molecule has 1 unspecified atom stereocenters. The van der Waals surface area contributed by atoms with Crippen LogP contribution in [0.3, 0.4) is 0 Å². The lowest BCUT2D eigenvalue weighted by molar-refractivity contribution is 0.369. The number of fused-ring (bicyclic) bond motifs is 1. The van der Waals surface area contributed by atoms with Gasteiger partial charge < -0.3 is 15.8 Å². The Kier molecular flexibility index (Phi) is 2.66. The van der Waals surface area contributed by atoms with Crippen LogP contribution in [0, 0.1) is 5.82 Å². The van der Waals surface area contributed by atoms with Crippen molar-refractivity contribution < 1.29 is 9.50 Å². The number of aromatic amines is 1. The highest BCUT2D eigenvalue weighted by atomic mass is 19.1. The number of aromatic nitrogens is 1. The van der Waals surface area contributed by atoms with Gasteiger partial charge in [-0.15, -0.1) is 0 Å². The van der Waals surface area contributed by atoms with Crippen molar-refractivity contribution in [3.05, 3.63) is 48.1 Å². The Morgan fingerprint density at radius 3 is 3.00 bits per heavy atom. The molecule has 1 atom stereocenters. The van der Waals surface area contributed by atoms with Gasteiger partial charge in [-0.25, -0.2) is 4.39 Å². The molecule has 2 aromatic rings. The van der Waals surface area contributed by atoms with Crippen LogP contribution in [0.15, 0.2) is 36.7 Å². The maximum atomic E-state index is 13.4. The predicted octanol–water partition coefficient (Wildman–Crippen LogP) is 2.25. The summed E-state index contributed by atoms with van der Waals surface area (Å²) in [5.74, 6) is -0.356. The van der Waals surface area contributed by atoms with E-state index in [0.717, 1.165) is 10.9 Å². The van der Waals surface area contributed by atoms with Crippen LogP contribution in [0.1, 0.15) is 5.56 Å². The number of H-pyrrole nitrogens is 1. The van der Waals surface area contributed by atoms with Gasteiger partial charge in [-0.05, 0) is 18.1 Å². The molecule has 0 saturated carbocycles. The number of benzene rings is 1. The number of aliphatic hydroxyl groups excluding tert-OH is 1. The fourth-order valence-corrected chi connectivity index (χ4v) is 1.70. The zero-order chi connectivity index (χ0) is 11.7. The van der Waals surface area contributed by atoms with Crippen molar-refractivity contribution in [2.24, 2.45) is 5.73 Å². The van der Waals surface area contributed by atoms with Gasteiger partial charge >= 0.3 is 0 Å². The average Bonchev–Trinajstić information content (AvgIpc) is 2.63. The van der Waals surface area contributed by atoms with Crippen molar-refractivity contribution in [1.82, 2.24) is 4.98 Å². The average molecular weight is 220 g/mol. The molecule has 0 amide bonds. The Hall–Kier alpha value is -1.81. The summed E-state index contributed by atoms with van der Waals surface area (Å²) in [7, 11) is 0. The van der Waals surface area contributed by atoms with Crippen LogP contribution in [0.2, 0.25) is 0 Å². The first kappa shape index (κ1) is 10.7. The van der Waals surface area contributed by atoms with E-state index in [-0.39, 0.29) is 11.6 Å². The molecule has 0 bridgehead atoms. The maximum Gasteiger partial charge on any atom is 0.147 e. The summed E-state index contributed by atoms with van der Waals surface area (Å²) in [6.07, 6.45) is 2.13. The molecular weight excluding hydrogens is 207 g/mol. The van der Waals surface area contributed by atoms with E-state index in [4.69, 9.17) is 10.8 Å². The molecule has 0 aliphatic carbocycles. The second kappa shape index (κ2) is 3.98. The number of halogens is 1. The van der Waals surface area contributed by atoms with Gasteiger partial charge in [0.1, 0.15) is 11.6 Å². The topological polar surface area (TPSA) is 62.0 Å². The molecule has 16 heavy (non-hydrogen) atoms. The summed E-state index contributed by atoms with van der Waals surface area (Å²) in [6, 6.07) is 4.33. The van der Waals surface area contributed by atoms with Crippen LogP contribution in [0.5, 0.6) is 0 Å². The van der Waals surface area contributed by atoms with Gasteiger partial charge in [0.2, 0.25) is 0 Å². The SMILES string of the molecule is C=C(O)C(N)Cc1c[nH]c2c(F)cccc12. The van der Waals surface area contributed by atoms with Gasteiger partial charge in [0, 0.05) is 11.6 Å². The van der Waals surface area contributed by atoms with Gasteiger partial charge in [0.05, 0.1) is 11.6 Å². The third-order valence-corrected chi connectivity index (χ3v) is 2.62. The number of aliphatic hydroxyl groups is 1. The van der Waals surface area contributed by atoms with Crippen molar-refractivity contribution in [3.63, 3.8) is 0 Å². The molecule has 0 aliphatic rings. The van der Waals surface area contributed by atoms with Crippen LogP contribution < -0.4 is 5.73 Å². The molecule has 1 aromatic heterocycles. The number of para-hydroxylation sites is 1. The van der Waals surface area contributed by atoms with Crippen LogP contribution in [-0.2, 0) is 6.42 Å². The molecule has 0 fully saturated rings. The minimum Gasteiger partial charge on any atom is -0.511 e. The molecule has 84 valence electrons. The molecule has 4 heteroatoms. The standard InChI is InChI=1S/C12H13FN2O/c1-7(16)11(14)5-8-6-15-12-9(8)3-2-4-10(12)13/h2-4,6,11,15-16H,1,5,14H2.